The first-order valence-corrected chi connectivity index (χ1v) is 6.29. The van der Waals surface area contributed by atoms with Crippen molar-refractivity contribution in [1.29, 1.82) is 0 Å². The molecule has 0 amide bonds. The van der Waals surface area contributed by atoms with Gasteiger partial charge in [0.2, 0.25) is 0 Å². The fourth-order valence-corrected chi connectivity index (χ4v) is 1.84. The van der Waals surface area contributed by atoms with Crippen LogP contribution in [0.15, 0.2) is 16.6 Å². The average Bonchev–Trinajstić information content (AvgIpc) is 2.25. The number of hydrogen-bond acceptors (Lipinski definition) is 1. The van der Waals surface area contributed by atoms with Crippen molar-refractivity contribution in [2.75, 3.05) is 0 Å². The Hall–Kier alpha value is -0.120. The Bertz CT molecular complexity index is 393. The molecule has 1 aromatic carbocycles. The lowest BCUT2D eigenvalue weighted by atomic mass is 9.80. The highest BCUT2D eigenvalue weighted by Gasteiger charge is 2.30. The van der Waals surface area contributed by atoms with E-state index in [2.05, 4.69) is 15.9 Å². The van der Waals surface area contributed by atoms with Crippen LogP contribution in [-0.2, 0) is 0 Å². The second kappa shape index (κ2) is 5.03. The van der Waals surface area contributed by atoms with Crippen LogP contribution in [0.3, 0.4) is 0 Å². The summed E-state index contributed by atoms with van der Waals surface area (Å²) in [6.07, 6.45) is -0.107. The molecule has 0 bridgehead atoms. The summed E-state index contributed by atoms with van der Waals surface area (Å²) in [7, 11) is 0. The molecule has 0 heterocycles. The summed E-state index contributed by atoms with van der Waals surface area (Å²) in [5.41, 5.74) is -0.127. The number of rotatable bonds is 3. The van der Waals surface area contributed by atoms with Gasteiger partial charge in [0, 0.05) is 10.0 Å². The van der Waals surface area contributed by atoms with Crippen LogP contribution >= 0.6 is 27.5 Å². The van der Waals surface area contributed by atoms with Gasteiger partial charge in [-0.3, -0.25) is 0 Å². The molecule has 1 nitrogen and oxygen atoms in total. The van der Waals surface area contributed by atoms with E-state index in [0.717, 1.165) is 6.42 Å². The van der Waals surface area contributed by atoms with E-state index in [9.17, 15) is 9.50 Å². The van der Waals surface area contributed by atoms with Gasteiger partial charge in [0.25, 0.3) is 0 Å². The number of aliphatic hydroxyl groups excluding tert-OH is 1. The maximum absolute atomic E-state index is 13.9. The van der Waals surface area contributed by atoms with E-state index in [4.69, 9.17) is 11.6 Å². The zero-order chi connectivity index (χ0) is 12.5. The van der Waals surface area contributed by atoms with Gasteiger partial charge in [0.05, 0.1) is 11.1 Å². The zero-order valence-electron chi connectivity index (χ0n) is 9.52. The molecule has 1 aromatic rings. The van der Waals surface area contributed by atoms with E-state index in [1.54, 1.807) is 12.1 Å². The number of aliphatic hydroxyl groups is 1. The molecule has 0 aliphatic rings. The summed E-state index contributed by atoms with van der Waals surface area (Å²) in [5.74, 6) is -0.551. The lowest BCUT2D eigenvalue weighted by Gasteiger charge is -2.30. The second-order valence-corrected chi connectivity index (χ2v) is 5.74. The van der Waals surface area contributed by atoms with Gasteiger partial charge < -0.3 is 5.11 Å². The molecular formula is C12H15BrClFO. The number of hydrogen-bond donors (Lipinski definition) is 1. The quantitative estimate of drug-likeness (QED) is 0.802. The highest BCUT2D eigenvalue weighted by Crippen LogP contribution is 2.39. The Morgan fingerprint density at radius 3 is 2.56 bits per heavy atom. The van der Waals surface area contributed by atoms with E-state index >= 15 is 0 Å². The molecule has 1 atom stereocenters. The molecule has 0 fully saturated rings. The molecule has 0 radical (unpaired) electrons. The first kappa shape index (κ1) is 13.9. The van der Waals surface area contributed by atoms with Crippen LogP contribution < -0.4 is 0 Å². The van der Waals surface area contributed by atoms with E-state index in [1.165, 1.54) is 0 Å². The van der Waals surface area contributed by atoms with Gasteiger partial charge in [-0.15, -0.1) is 0 Å². The van der Waals surface area contributed by atoms with Gasteiger partial charge in [-0.1, -0.05) is 38.4 Å². The number of benzene rings is 1. The predicted molar refractivity (Wildman–Crippen MR) is 68.1 cm³/mol. The summed E-state index contributed by atoms with van der Waals surface area (Å²) in [6, 6.07) is 3.21. The Morgan fingerprint density at radius 1 is 1.50 bits per heavy atom. The predicted octanol–water partition coefficient (Wildman–Crippen LogP) is 4.71. The molecule has 0 aromatic heterocycles. The molecule has 0 saturated heterocycles. The van der Waals surface area contributed by atoms with E-state index < -0.39 is 11.9 Å². The normalized spacial score (nSPS) is 13.9. The first-order valence-electron chi connectivity index (χ1n) is 5.12. The Labute approximate surface area is 109 Å². The standard InChI is InChI=1S/C12H15BrClFO/c1-4-12(2,3)11(16)7-5-6-8(13)9(14)10(7)15/h5-6,11,16H,4H2,1-3H3. The topological polar surface area (TPSA) is 20.2 Å². The van der Waals surface area contributed by atoms with Crippen molar-refractivity contribution < 1.29 is 9.50 Å². The van der Waals surface area contributed by atoms with Gasteiger partial charge in [-0.25, -0.2) is 4.39 Å². The third-order valence-corrected chi connectivity index (χ3v) is 4.27. The van der Waals surface area contributed by atoms with Crippen LogP contribution in [0.1, 0.15) is 38.9 Å². The van der Waals surface area contributed by atoms with Gasteiger partial charge in [-0.2, -0.15) is 0 Å². The SMILES string of the molecule is CCC(C)(C)C(O)c1ccc(Br)c(Cl)c1F. The van der Waals surface area contributed by atoms with Crippen molar-refractivity contribution in [3.05, 3.63) is 33.0 Å². The van der Waals surface area contributed by atoms with Gasteiger partial charge >= 0.3 is 0 Å². The van der Waals surface area contributed by atoms with Crippen LogP contribution in [0.25, 0.3) is 0 Å². The van der Waals surface area contributed by atoms with Crippen LogP contribution in [0.4, 0.5) is 4.39 Å². The fraction of sp³-hybridized carbons (Fsp3) is 0.500. The summed E-state index contributed by atoms with van der Waals surface area (Å²) in [4.78, 5) is 0. The summed E-state index contributed by atoms with van der Waals surface area (Å²) >= 11 is 8.93. The van der Waals surface area contributed by atoms with E-state index in [0.29, 0.717) is 4.47 Å². The molecule has 90 valence electrons. The summed E-state index contributed by atoms with van der Waals surface area (Å²) < 4.78 is 14.4. The molecular weight excluding hydrogens is 294 g/mol. The van der Waals surface area contributed by atoms with Crippen LogP contribution in [0.5, 0.6) is 0 Å². The fourth-order valence-electron chi connectivity index (χ4n) is 1.37. The van der Waals surface area contributed by atoms with Gasteiger partial charge in [0.1, 0.15) is 5.82 Å². The van der Waals surface area contributed by atoms with Gasteiger partial charge in [0.15, 0.2) is 0 Å². The molecule has 16 heavy (non-hydrogen) atoms. The van der Waals surface area contributed by atoms with Crippen molar-refractivity contribution in [3.63, 3.8) is 0 Å². The van der Waals surface area contributed by atoms with Crippen molar-refractivity contribution in [2.45, 2.75) is 33.3 Å². The van der Waals surface area contributed by atoms with Crippen molar-refractivity contribution >= 4 is 27.5 Å². The summed E-state index contributed by atoms with van der Waals surface area (Å²) in [6.45, 7) is 5.75. The van der Waals surface area contributed by atoms with Crippen LogP contribution in [0.2, 0.25) is 5.02 Å². The van der Waals surface area contributed by atoms with Crippen molar-refractivity contribution in [2.24, 2.45) is 5.41 Å². The van der Waals surface area contributed by atoms with E-state index in [-0.39, 0.29) is 16.0 Å². The first-order chi connectivity index (χ1) is 7.31. The Morgan fingerprint density at radius 2 is 2.06 bits per heavy atom. The molecule has 1 rings (SSSR count). The molecule has 0 spiro atoms. The lowest BCUT2D eigenvalue weighted by molar-refractivity contribution is 0.0436. The van der Waals surface area contributed by atoms with Crippen molar-refractivity contribution in [3.8, 4) is 0 Å². The maximum atomic E-state index is 13.9. The highest BCUT2D eigenvalue weighted by molar-refractivity contribution is 9.10. The van der Waals surface area contributed by atoms with E-state index in [1.807, 2.05) is 20.8 Å². The average molecular weight is 310 g/mol. The minimum Gasteiger partial charge on any atom is -0.388 e. The second-order valence-electron chi connectivity index (χ2n) is 4.51. The molecule has 1 unspecified atom stereocenters. The van der Waals surface area contributed by atoms with Gasteiger partial charge in [-0.05, 0) is 33.8 Å². The molecule has 4 heteroatoms. The maximum Gasteiger partial charge on any atom is 0.148 e. The van der Waals surface area contributed by atoms with Crippen LogP contribution in [0, 0.1) is 11.2 Å². The lowest BCUT2D eigenvalue weighted by Crippen LogP contribution is -2.22. The smallest absolute Gasteiger partial charge is 0.148 e. The Kier molecular flexibility index (Phi) is 4.38. The highest BCUT2D eigenvalue weighted by atomic mass is 79.9. The largest absolute Gasteiger partial charge is 0.388 e. The molecule has 1 N–H and O–H groups in total. The molecule has 0 aliphatic heterocycles. The Balaban J connectivity index is 3.20. The zero-order valence-corrected chi connectivity index (χ0v) is 11.9. The summed E-state index contributed by atoms with van der Waals surface area (Å²) in [5, 5.41) is 10.1. The molecule has 0 saturated carbocycles. The monoisotopic (exact) mass is 308 g/mol. The minimum atomic E-state index is -0.858. The number of halogens is 3. The van der Waals surface area contributed by atoms with Crippen molar-refractivity contribution in [1.82, 2.24) is 0 Å². The minimum absolute atomic E-state index is 0.0171. The molecule has 0 aliphatic carbocycles. The third-order valence-electron chi connectivity index (χ3n) is 3.01. The van der Waals surface area contributed by atoms with Crippen LogP contribution in [-0.4, -0.2) is 5.11 Å². The third kappa shape index (κ3) is 2.58.